The van der Waals surface area contributed by atoms with E-state index in [-0.39, 0.29) is 11.7 Å². The van der Waals surface area contributed by atoms with Gasteiger partial charge in [-0.25, -0.2) is 4.39 Å². The van der Waals surface area contributed by atoms with Crippen LogP contribution in [0.4, 0.5) is 4.39 Å². The number of nitrogens with zero attached hydrogens (tertiary/aromatic N) is 1. The minimum absolute atomic E-state index is 0.0541. The lowest BCUT2D eigenvalue weighted by atomic mass is 10.1. The van der Waals surface area contributed by atoms with Gasteiger partial charge >= 0.3 is 0 Å². The Balaban J connectivity index is 1.68. The third-order valence-electron chi connectivity index (χ3n) is 3.65. The van der Waals surface area contributed by atoms with Crippen LogP contribution in [-0.2, 0) is 11.2 Å². The summed E-state index contributed by atoms with van der Waals surface area (Å²) in [5.74, 6) is -0.178. The number of piperazine rings is 1. The summed E-state index contributed by atoms with van der Waals surface area (Å²) < 4.78 is 12.8. The molecule has 21 heavy (non-hydrogen) atoms. The average Bonchev–Trinajstić information content (AvgIpc) is 2.39. The van der Waals surface area contributed by atoms with Crippen molar-refractivity contribution >= 4 is 5.91 Å². The molecule has 1 aromatic rings. The Morgan fingerprint density at radius 1 is 1.29 bits per heavy atom. The predicted octanol–water partition coefficient (Wildman–Crippen LogP) is 1.17. The third kappa shape index (κ3) is 5.44. The van der Waals surface area contributed by atoms with Crippen LogP contribution in [-0.4, -0.2) is 49.1 Å². The van der Waals surface area contributed by atoms with Gasteiger partial charge < -0.3 is 10.6 Å². The van der Waals surface area contributed by atoms with Crippen molar-refractivity contribution in [3.8, 4) is 0 Å². The van der Waals surface area contributed by atoms with E-state index >= 15 is 0 Å². The van der Waals surface area contributed by atoms with Crippen LogP contribution < -0.4 is 10.6 Å². The molecule has 2 rings (SSSR count). The van der Waals surface area contributed by atoms with Crippen molar-refractivity contribution in [3.05, 3.63) is 35.6 Å². The van der Waals surface area contributed by atoms with E-state index in [2.05, 4.69) is 29.4 Å². The van der Waals surface area contributed by atoms with Crippen LogP contribution in [0.2, 0.25) is 0 Å². The number of nitrogens with one attached hydrogen (secondary N) is 2. The number of hydrogen-bond donors (Lipinski definition) is 2. The quantitative estimate of drug-likeness (QED) is 0.856. The van der Waals surface area contributed by atoms with Gasteiger partial charge in [-0.1, -0.05) is 12.1 Å². The molecule has 0 aromatic heterocycles. The molecule has 0 bridgehead atoms. The molecule has 2 unspecified atom stereocenters. The fourth-order valence-corrected chi connectivity index (χ4v) is 2.83. The predicted molar refractivity (Wildman–Crippen MR) is 81.6 cm³/mol. The number of rotatable bonds is 5. The number of amides is 1. The summed E-state index contributed by atoms with van der Waals surface area (Å²) in [5.41, 5.74) is 1.03. The highest BCUT2D eigenvalue weighted by Crippen LogP contribution is 2.04. The van der Waals surface area contributed by atoms with Gasteiger partial charge in [-0.15, -0.1) is 0 Å². The Labute approximate surface area is 125 Å². The van der Waals surface area contributed by atoms with E-state index in [1.807, 2.05) is 0 Å². The van der Waals surface area contributed by atoms with Crippen molar-refractivity contribution in [3.63, 3.8) is 0 Å². The molecule has 1 aliphatic heterocycles. The van der Waals surface area contributed by atoms with Gasteiger partial charge in [0.15, 0.2) is 0 Å². The molecule has 1 aromatic carbocycles. The molecule has 1 fully saturated rings. The molecule has 0 spiro atoms. The second-order valence-corrected chi connectivity index (χ2v) is 5.89. The first-order valence-corrected chi connectivity index (χ1v) is 7.52. The van der Waals surface area contributed by atoms with Crippen molar-refractivity contribution in [2.75, 3.05) is 26.2 Å². The van der Waals surface area contributed by atoms with Crippen molar-refractivity contribution in [1.29, 1.82) is 0 Å². The fourth-order valence-electron chi connectivity index (χ4n) is 2.83. The largest absolute Gasteiger partial charge is 0.355 e. The lowest BCUT2D eigenvalue weighted by Crippen LogP contribution is -2.56. The maximum atomic E-state index is 12.8. The smallest absolute Gasteiger partial charge is 0.234 e. The van der Waals surface area contributed by atoms with Crippen molar-refractivity contribution in [1.82, 2.24) is 15.5 Å². The zero-order valence-corrected chi connectivity index (χ0v) is 12.7. The van der Waals surface area contributed by atoms with Crippen LogP contribution in [0, 0.1) is 5.82 Å². The molecule has 2 atom stereocenters. The molecule has 1 amide bonds. The Kier molecular flexibility index (Phi) is 5.70. The van der Waals surface area contributed by atoms with E-state index in [1.54, 1.807) is 12.1 Å². The highest BCUT2D eigenvalue weighted by Gasteiger charge is 2.22. The van der Waals surface area contributed by atoms with E-state index in [4.69, 9.17) is 0 Å². The lowest BCUT2D eigenvalue weighted by Gasteiger charge is -2.35. The highest BCUT2D eigenvalue weighted by atomic mass is 19.1. The minimum atomic E-state index is -0.232. The lowest BCUT2D eigenvalue weighted by molar-refractivity contribution is -0.122. The van der Waals surface area contributed by atoms with E-state index in [1.165, 1.54) is 12.1 Å². The summed E-state index contributed by atoms with van der Waals surface area (Å²) in [5, 5.41) is 6.38. The summed E-state index contributed by atoms with van der Waals surface area (Å²) in [7, 11) is 0. The Morgan fingerprint density at radius 3 is 2.52 bits per heavy atom. The number of carbonyl (C=O) groups is 1. The number of hydrogen-bond acceptors (Lipinski definition) is 3. The SMILES string of the molecule is CC1CN(CC(=O)NCCc2ccc(F)cc2)CC(C)N1. The molecular formula is C16H24FN3O. The maximum Gasteiger partial charge on any atom is 0.234 e. The van der Waals surface area contributed by atoms with Gasteiger partial charge in [0.2, 0.25) is 5.91 Å². The molecule has 1 saturated heterocycles. The van der Waals surface area contributed by atoms with Gasteiger partial charge in [0.05, 0.1) is 6.54 Å². The summed E-state index contributed by atoms with van der Waals surface area (Å²) >= 11 is 0. The normalized spacial score (nSPS) is 23.0. The van der Waals surface area contributed by atoms with E-state index in [0.29, 0.717) is 25.2 Å². The first-order chi connectivity index (χ1) is 10.0. The zero-order chi connectivity index (χ0) is 15.2. The average molecular weight is 293 g/mol. The highest BCUT2D eigenvalue weighted by molar-refractivity contribution is 5.78. The molecule has 4 nitrogen and oxygen atoms in total. The Bertz CT molecular complexity index is 453. The molecule has 116 valence electrons. The maximum absolute atomic E-state index is 12.8. The van der Waals surface area contributed by atoms with Gasteiger partial charge in [0.1, 0.15) is 5.82 Å². The van der Waals surface area contributed by atoms with E-state index in [9.17, 15) is 9.18 Å². The molecule has 1 aliphatic rings. The van der Waals surface area contributed by atoms with Crippen LogP contribution >= 0.6 is 0 Å². The summed E-state index contributed by atoms with van der Waals surface area (Å²) in [6.45, 7) is 7.09. The summed E-state index contributed by atoms with van der Waals surface area (Å²) in [4.78, 5) is 14.1. The standard InChI is InChI=1S/C16H24FN3O/c1-12-9-20(10-13(2)19-12)11-16(21)18-8-7-14-3-5-15(17)6-4-14/h3-6,12-13,19H,7-11H2,1-2H3,(H,18,21). The number of halogens is 1. The molecule has 2 N–H and O–H groups in total. The van der Waals surface area contributed by atoms with Crippen LogP contribution in [0.25, 0.3) is 0 Å². The van der Waals surface area contributed by atoms with Gasteiger partial charge in [-0.3, -0.25) is 9.69 Å². The second kappa shape index (κ2) is 7.52. The van der Waals surface area contributed by atoms with Gasteiger partial charge in [-0.05, 0) is 38.0 Å². The van der Waals surface area contributed by atoms with Gasteiger partial charge in [0.25, 0.3) is 0 Å². The van der Waals surface area contributed by atoms with Crippen LogP contribution in [0.5, 0.6) is 0 Å². The van der Waals surface area contributed by atoms with E-state index in [0.717, 1.165) is 25.1 Å². The van der Waals surface area contributed by atoms with Crippen LogP contribution in [0.15, 0.2) is 24.3 Å². The Hall–Kier alpha value is -1.46. The third-order valence-corrected chi connectivity index (χ3v) is 3.65. The number of carbonyl (C=O) groups excluding carboxylic acids is 1. The van der Waals surface area contributed by atoms with Crippen molar-refractivity contribution in [2.24, 2.45) is 0 Å². The molecular weight excluding hydrogens is 269 g/mol. The van der Waals surface area contributed by atoms with Crippen LogP contribution in [0.3, 0.4) is 0 Å². The van der Waals surface area contributed by atoms with Gasteiger partial charge in [0, 0.05) is 31.7 Å². The van der Waals surface area contributed by atoms with Crippen molar-refractivity contribution in [2.45, 2.75) is 32.4 Å². The topological polar surface area (TPSA) is 44.4 Å². The molecule has 1 heterocycles. The van der Waals surface area contributed by atoms with Crippen molar-refractivity contribution < 1.29 is 9.18 Å². The summed E-state index contributed by atoms with van der Waals surface area (Å²) in [6, 6.07) is 7.23. The Morgan fingerprint density at radius 2 is 1.90 bits per heavy atom. The molecule has 5 heteroatoms. The first-order valence-electron chi connectivity index (χ1n) is 7.52. The monoisotopic (exact) mass is 293 g/mol. The fraction of sp³-hybridized carbons (Fsp3) is 0.562. The molecule has 0 aliphatic carbocycles. The van der Waals surface area contributed by atoms with Crippen LogP contribution in [0.1, 0.15) is 19.4 Å². The van der Waals surface area contributed by atoms with Gasteiger partial charge in [-0.2, -0.15) is 0 Å². The minimum Gasteiger partial charge on any atom is -0.355 e. The second-order valence-electron chi connectivity index (χ2n) is 5.89. The molecule has 0 saturated carbocycles. The molecule has 0 radical (unpaired) electrons. The zero-order valence-electron chi connectivity index (χ0n) is 12.7. The first kappa shape index (κ1) is 15.9. The van der Waals surface area contributed by atoms with E-state index < -0.39 is 0 Å². The summed E-state index contributed by atoms with van der Waals surface area (Å²) in [6.07, 6.45) is 0.723. The number of benzene rings is 1.